The van der Waals surface area contributed by atoms with Crippen LogP contribution >= 0.6 is 23.5 Å². The van der Waals surface area contributed by atoms with E-state index in [0.29, 0.717) is 0 Å². The van der Waals surface area contributed by atoms with Gasteiger partial charge in [0.2, 0.25) is 0 Å². The highest BCUT2D eigenvalue weighted by molar-refractivity contribution is 7.99. The lowest BCUT2D eigenvalue weighted by Crippen LogP contribution is -1.98. The van der Waals surface area contributed by atoms with Crippen molar-refractivity contribution in [3.05, 3.63) is 77.1 Å². The van der Waals surface area contributed by atoms with Crippen LogP contribution in [0.5, 0.6) is 5.75 Å². The van der Waals surface area contributed by atoms with Crippen molar-refractivity contribution >= 4 is 34.6 Å². The molecule has 0 atom stereocenters. The highest BCUT2D eigenvalue weighted by Crippen LogP contribution is 2.31. The molecule has 4 aromatic rings. The molecule has 2 heterocycles. The Morgan fingerprint density at radius 2 is 1.84 bits per heavy atom. The molecule has 0 saturated carbocycles. The van der Waals surface area contributed by atoms with Gasteiger partial charge in [0.05, 0.1) is 23.8 Å². The summed E-state index contributed by atoms with van der Waals surface area (Å²) in [6.45, 7) is 4.36. The Morgan fingerprint density at radius 1 is 1.00 bits per heavy atom. The number of benzene rings is 2. The largest absolute Gasteiger partial charge is 0.497 e. The summed E-state index contributed by atoms with van der Waals surface area (Å²) in [4.78, 5) is 14.2. The molecule has 0 aliphatic rings. The van der Waals surface area contributed by atoms with Gasteiger partial charge in [-0.25, -0.2) is 4.98 Å². The molecule has 0 amide bonds. The predicted octanol–water partition coefficient (Wildman–Crippen LogP) is 6.99. The Balaban J connectivity index is 1.34. The monoisotopic (exact) mass is 463 g/mol. The first-order valence-electron chi connectivity index (χ1n) is 10.9. The third kappa shape index (κ3) is 5.67. The number of aromatic nitrogens is 3. The van der Waals surface area contributed by atoms with E-state index in [-0.39, 0.29) is 0 Å². The molecule has 1 N–H and O–H groups in total. The van der Waals surface area contributed by atoms with E-state index in [0.717, 1.165) is 45.6 Å². The number of rotatable bonds is 10. The number of imidazole rings is 1. The molecular formula is C26H29N3OS2. The molecule has 6 heteroatoms. The smallest absolute Gasteiger partial charge is 0.166 e. The number of aryl methyl sites for hydroxylation is 2. The quantitative estimate of drug-likeness (QED) is 0.203. The zero-order valence-corrected chi connectivity index (χ0v) is 20.5. The van der Waals surface area contributed by atoms with E-state index >= 15 is 0 Å². The van der Waals surface area contributed by atoms with Gasteiger partial charge in [-0.3, -0.25) is 4.98 Å². The number of H-pyrrole nitrogens is 1. The topological polar surface area (TPSA) is 50.8 Å². The summed E-state index contributed by atoms with van der Waals surface area (Å²) in [6.07, 6.45) is 5.60. The summed E-state index contributed by atoms with van der Waals surface area (Å²) < 4.78 is 5.30. The number of ether oxygens (including phenoxy) is 1. The molecule has 0 radical (unpaired) electrons. The fraction of sp³-hybridized carbons (Fsp3) is 0.308. The predicted molar refractivity (Wildman–Crippen MR) is 136 cm³/mol. The maximum Gasteiger partial charge on any atom is 0.166 e. The van der Waals surface area contributed by atoms with Gasteiger partial charge < -0.3 is 9.72 Å². The van der Waals surface area contributed by atoms with E-state index < -0.39 is 0 Å². The second-order valence-electron chi connectivity index (χ2n) is 7.85. The number of unbranched alkanes of at least 4 members (excludes halogenated alkanes) is 1. The number of aromatic amines is 1. The number of methoxy groups -OCH3 is 1. The first kappa shape index (κ1) is 22.7. The van der Waals surface area contributed by atoms with Crippen molar-refractivity contribution in [3.8, 4) is 5.75 Å². The molecule has 0 spiro atoms. The van der Waals surface area contributed by atoms with E-state index in [4.69, 9.17) is 9.72 Å². The minimum absolute atomic E-state index is 0.796. The standard InChI is InChI=1S/C26H29N3OS2/c1-18-16-27-24(17-32-26-28-22-13-12-21(30-3)15-23(22)29-26)19(2)25(18)31-14-8-7-11-20-9-5-4-6-10-20/h4-6,9-10,12-13,15-16H,7-8,11,14,17H2,1-3H3,(H,28,29). The number of thioether (sulfide) groups is 2. The first-order chi connectivity index (χ1) is 15.6. The lowest BCUT2D eigenvalue weighted by molar-refractivity contribution is 0.415. The Kier molecular flexibility index (Phi) is 7.76. The van der Waals surface area contributed by atoms with Crippen molar-refractivity contribution in [2.75, 3.05) is 12.9 Å². The number of fused-ring (bicyclic) bond motifs is 1. The van der Waals surface area contributed by atoms with Crippen LogP contribution in [0.2, 0.25) is 0 Å². The summed E-state index contributed by atoms with van der Waals surface area (Å²) in [7, 11) is 1.68. The van der Waals surface area contributed by atoms with Crippen LogP contribution in [0.4, 0.5) is 0 Å². The van der Waals surface area contributed by atoms with Crippen molar-refractivity contribution in [3.63, 3.8) is 0 Å². The molecule has 4 rings (SSSR count). The van der Waals surface area contributed by atoms with Crippen molar-refractivity contribution < 1.29 is 4.74 Å². The van der Waals surface area contributed by atoms with Crippen LogP contribution in [0.3, 0.4) is 0 Å². The molecule has 0 bridgehead atoms. The van der Waals surface area contributed by atoms with Gasteiger partial charge in [0.15, 0.2) is 5.16 Å². The zero-order valence-electron chi connectivity index (χ0n) is 18.9. The number of pyridine rings is 1. The van der Waals surface area contributed by atoms with Gasteiger partial charge in [0.25, 0.3) is 0 Å². The SMILES string of the molecule is COc1ccc2nc(SCc3ncc(C)c(SCCCCc4ccccc4)c3C)[nH]c2c1. The van der Waals surface area contributed by atoms with Crippen molar-refractivity contribution in [1.29, 1.82) is 0 Å². The molecular weight excluding hydrogens is 434 g/mol. The molecule has 0 saturated heterocycles. The first-order valence-corrected chi connectivity index (χ1v) is 12.9. The minimum Gasteiger partial charge on any atom is -0.497 e. The maximum atomic E-state index is 5.30. The molecule has 32 heavy (non-hydrogen) atoms. The van der Waals surface area contributed by atoms with Gasteiger partial charge in [0, 0.05) is 22.9 Å². The van der Waals surface area contributed by atoms with Gasteiger partial charge >= 0.3 is 0 Å². The van der Waals surface area contributed by atoms with Crippen LogP contribution in [0.1, 0.15) is 35.2 Å². The van der Waals surface area contributed by atoms with Crippen LogP contribution in [-0.2, 0) is 12.2 Å². The second kappa shape index (κ2) is 10.9. The highest BCUT2D eigenvalue weighted by Gasteiger charge is 2.12. The van der Waals surface area contributed by atoms with Gasteiger partial charge in [0.1, 0.15) is 5.75 Å². The molecule has 0 unspecified atom stereocenters. The minimum atomic E-state index is 0.796. The maximum absolute atomic E-state index is 5.30. The Bertz CT molecular complexity index is 1170. The summed E-state index contributed by atoms with van der Waals surface area (Å²) in [6, 6.07) is 16.7. The molecule has 0 aliphatic carbocycles. The molecule has 0 aliphatic heterocycles. The van der Waals surface area contributed by atoms with E-state index in [2.05, 4.69) is 54.1 Å². The van der Waals surface area contributed by atoms with Crippen LogP contribution in [0.15, 0.2) is 64.8 Å². The van der Waals surface area contributed by atoms with E-state index in [1.54, 1.807) is 18.9 Å². The molecule has 166 valence electrons. The number of hydrogen-bond donors (Lipinski definition) is 1. The van der Waals surface area contributed by atoms with Crippen LogP contribution < -0.4 is 4.74 Å². The van der Waals surface area contributed by atoms with E-state index in [1.165, 1.54) is 34.4 Å². The molecule has 4 nitrogen and oxygen atoms in total. The summed E-state index contributed by atoms with van der Waals surface area (Å²) in [5.41, 5.74) is 7.06. The number of nitrogens with one attached hydrogen (secondary N) is 1. The van der Waals surface area contributed by atoms with Crippen LogP contribution in [0, 0.1) is 13.8 Å². The van der Waals surface area contributed by atoms with E-state index in [1.807, 2.05) is 36.2 Å². The Labute approximate surface area is 198 Å². The van der Waals surface area contributed by atoms with Gasteiger partial charge in [-0.1, -0.05) is 42.1 Å². The van der Waals surface area contributed by atoms with Crippen molar-refractivity contribution in [2.24, 2.45) is 0 Å². The normalized spacial score (nSPS) is 11.2. The fourth-order valence-electron chi connectivity index (χ4n) is 3.67. The molecule has 0 fully saturated rings. The molecule has 2 aromatic carbocycles. The van der Waals surface area contributed by atoms with Gasteiger partial charge in [-0.2, -0.15) is 0 Å². The average Bonchev–Trinajstić information content (AvgIpc) is 3.23. The van der Waals surface area contributed by atoms with Gasteiger partial charge in [-0.15, -0.1) is 11.8 Å². The molecule has 2 aromatic heterocycles. The van der Waals surface area contributed by atoms with Crippen LogP contribution in [0.25, 0.3) is 11.0 Å². The third-order valence-corrected chi connectivity index (χ3v) is 7.80. The number of hydrogen-bond acceptors (Lipinski definition) is 5. The third-order valence-electron chi connectivity index (χ3n) is 5.51. The van der Waals surface area contributed by atoms with E-state index in [9.17, 15) is 0 Å². The Hall–Kier alpha value is -2.44. The lowest BCUT2D eigenvalue weighted by atomic mass is 10.1. The van der Waals surface area contributed by atoms with Crippen molar-refractivity contribution in [1.82, 2.24) is 15.0 Å². The summed E-state index contributed by atoms with van der Waals surface area (Å²) in [5.74, 6) is 2.76. The Morgan fingerprint density at radius 3 is 2.66 bits per heavy atom. The van der Waals surface area contributed by atoms with Crippen LogP contribution in [-0.4, -0.2) is 27.8 Å². The van der Waals surface area contributed by atoms with Gasteiger partial charge in [-0.05, 0) is 67.7 Å². The summed E-state index contributed by atoms with van der Waals surface area (Å²) >= 11 is 3.66. The zero-order chi connectivity index (χ0) is 22.3. The fourth-order valence-corrected chi connectivity index (χ4v) is 5.75. The number of nitrogens with zero attached hydrogens (tertiary/aromatic N) is 2. The lowest BCUT2D eigenvalue weighted by Gasteiger charge is -2.13. The van der Waals surface area contributed by atoms with Crippen molar-refractivity contribution in [2.45, 2.75) is 48.9 Å². The highest BCUT2D eigenvalue weighted by atomic mass is 32.2. The summed E-state index contributed by atoms with van der Waals surface area (Å²) in [5, 5.41) is 0.908. The average molecular weight is 464 g/mol. The second-order valence-corrected chi connectivity index (χ2v) is 9.92.